The first-order valence-electron chi connectivity index (χ1n) is 38.4. The Bertz CT molecular complexity index is 6070. The molecule has 0 nitrogen and oxygen atoms in total. The minimum absolute atomic E-state index is 0.0192. The third-order valence-corrected chi connectivity index (χ3v) is 28.6. The third-order valence-electron chi connectivity index (χ3n) is 20.0. The lowest BCUT2D eigenvalue weighted by atomic mass is 10.0. The summed E-state index contributed by atoms with van der Waals surface area (Å²) < 4.78 is 445. The van der Waals surface area contributed by atoms with E-state index >= 15 is 0 Å². The zero-order valence-electron chi connectivity index (χ0n) is 70.7. The number of alkyl halides is 30. The number of halogens is 33. The normalized spacial score (nSPS) is 13.6. The molecule has 0 bridgehead atoms. The zero-order chi connectivity index (χ0) is 99.3. The minimum Gasteiger partial charge on any atom is -0.207 e. The van der Waals surface area contributed by atoms with Gasteiger partial charge in [-0.1, -0.05) is 17.7 Å². The van der Waals surface area contributed by atoms with Gasteiger partial charge in [-0.15, -0.1) is 0 Å². The van der Waals surface area contributed by atoms with Crippen LogP contribution in [0.1, 0.15) is 128 Å². The molecule has 12 aromatic carbocycles. The summed E-state index contributed by atoms with van der Waals surface area (Å²) in [6.45, 7) is 17.6. The summed E-state index contributed by atoms with van der Waals surface area (Å²) in [6.07, 6.45) is -48.7. The second kappa shape index (κ2) is 39.3. The highest BCUT2D eigenvalue weighted by atomic mass is 32.2. The standard InChI is InChI=1S/C26H21F10S.C25H22F7S.C23H16F9S.C21H14F7S/c1-12-6-17(7-13(2)21(12)25(31,32)33)37(18-9-15(4)23(27)16(5)10-18)19-8-14(3)22(26(34,35)36)20(11-19)24(28,29)30;1-13-6-18(24(27,28)29)12-19(7-13)33(21-10-16(4)23(26)17(5)11-21)20-8-14(2)22(15(3)9-20)25(30,31)32;1-13-3-7-16(8-4-13)33(17-9-5-15(6-10-17)21(24,25)26)18-11-14(2)20(23(30,31)32)19(12-18)22(27,28)29;1-13-10-15(21(26,27)28)12-19(11-13)29(18-8-4-16(22)5-9-18)17-6-2-14(3-7-17)20(23,24)25/h6-11H,1-5H3;6-12H,1-5H3;3-12H,1-2H3;2-12H,1H3/q4*+1. The Balaban J connectivity index is 0.000000199. The molecule has 0 aliphatic heterocycles. The van der Waals surface area contributed by atoms with Crippen molar-refractivity contribution in [3.63, 3.8) is 0 Å². The fourth-order valence-corrected chi connectivity index (χ4v) is 23.9. The van der Waals surface area contributed by atoms with E-state index in [1.165, 1.54) is 116 Å². The lowest BCUT2D eigenvalue weighted by Crippen LogP contribution is -2.20. The van der Waals surface area contributed by atoms with Crippen molar-refractivity contribution in [3.05, 3.63) is 352 Å². The Hall–Kier alpha value is -10.3. The summed E-state index contributed by atoms with van der Waals surface area (Å²) in [5.41, 5.74) is -11.8. The Labute approximate surface area is 746 Å². The number of benzene rings is 12. The topological polar surface area (TPSA) is 0 Å². The smallest absolute Gasteiger partial charge is 0.207 e. The van der Waals surface area contributed by atoms with Crippen molar-refractivity contribution in [2.75, 3.05) is 0 Å². The maximum absolute atomic E-state index is 14.4. The SMILES string of the molecule is Cc1cc([S+](c2cc(C)c(C(F)(F)F)c(C)c2)c2cc(C)c(C(F)(F)F)c(C(F)(F)F)c2)cc(C)c1F.Cc1cc([S+](c2cc(C)c(F)c(C)c2)c2cc(C)c(C(F)(F)F)c(C)c2)cc(C(F)(F)F)c1.Cc1cc([S+](c2ccc(F)cc2)c2ccc(C(F)(F)F)cc2)cc(C(F)(F)F)c1.Cc1ccc([S+](c2ccc(C(F)(F)F)cc2)c2cc(C)c(C(F)(F)F)c(C(F)(F)F)c2)cc1. The molecule has 4 atom stereocenters. The minimum atomic E-state index is -5.36. The van der Waals surface area contributed by atoms with Gasteiger partial charge >= 0.3 is 61.8 Å². The van der Waals surface area contributed by atoms with Gasteiger partial charge in [0.15, 0.2) is 58.7 Å². The van der Waals surface area contributed by atoms with Crippen LogP contribution in [-0.4, -0.2) is 0 Å². The highest BCUT2D eigenvalue weighted by molar-refractivity contribution is 7.98. The molecule has 0 aromatic heterocycles. The summed E-state index contributed by atoms with van der Waals surface area (Å²) in [4.78, 5) is 3.24. The highest BCUT2D eigenvalue weighted by Crippen LogP contribution is 2.51. The van der Waals surface area contributed by atoms with Crippen LogP contribution in [0.3, 0.4) is 0 Å². The predicted molar refractivity (Wildman–Crippen MR) is 437 cm³/mol. The predicted octanol–water partition coefficient (Wildman–Crippen LogP) is 33.7. The molecule has 0 heterocycles. The van der Waals surface area contributed by atoms with Gasteiger partial charge in [0.2, 0.25) is 0 Å². The molecule has 704 valence electrons. The van der Waals surface area contributed by atoms with E-state index in [1.54, 1.807) is 69.3 Å². The van der Waals surface area contributed by atoms with Gasteiger partial charge < -0.3 is 0 Å². The van der Waals surface area contributed by atoms with Crippen LogP contribution < -0.4 is 0 Å². The van der Waals surface area contributed by atoms with Crippen molar-refractivity contribution < 1.29 is 145 Å². The molecule has 0 N–H and O–H groups in total. The van der Waals surface area contributed by atoms with Gasteiger partial charge in [-0.2, -0.15) is 132 Å². The fraction of sp³-hybridized carbons (Fsp3) is 0.242. The average Bonchev–Trinajstić information content (AvgIpc) is 0.753. The van der Waals surface area contributed by atoms with E-state index in [9.17, 15) is 145 Å². The Morgan fingerprint density at radius 3 is 0.583 bits per heavy atom. The Kier molecular flexibility index (Phi) is 31.4. The van der Waals surface area contributed by atoms with E-state index in [0.29, 0.717) is 63.8 Å². The molecule has 4 unspecified atom stereocenters. The maximum Gasteiger partial charge on any atom is 0.417 e. The Morgan fingerprint density at radius 1 is 0.159 bits per heavy atom. The molecular formula is C95H73F33S4+4. The van der Waals surface area contributed by atoms with Crippen molar-refractivity contribution in [1.82, 2.24) is 0 Å². The van der Waals surface area contributed by atoms with Crippen LogP contribution in [0.2, 0.25) is 0 Å². The quantitative estimate of drug-likeness (QED) is 0.0845. The summed E-state index contributed by atoms with van der Waals surface area (Å²) in [5, 5.41) is 0. The molecule has 0 spiro atoms. The van der Waals surface area contributed by atoms with Gasteiger partial charge in [-0.05, 0) is 327 Å². The van der Waals surface area contributed by atoms with Gasteiger partial charge in [0, 0.05) is 24.3 Å². The van der Waals surface area contributed by atoms with Crippen LogP contribution in [0.25, 0.3) is 0 Å². The van der Waals surface area contributed by atoms with E-state index in [0.717, 1.165) is 104 Å². The molecule has 0 saturated carbocycles. The first-order valence-corrected chi connectivity index (χ1v) is 43.3. The van der Waals surface area contributed by atoms with Crippen molar-refractivity contribution in [1.29, 1.82) is 0 Å². The molecule has 0 aliphatic carbocycles. The molecule has 0 aliphatic rings. The molecule has 0 radical (unpaired) electrons. The van der Waals surface area contributed by atoms with E-state index in [1.807, 2.05) is 0 Å². The molecule has 0 saturated heterocycles. The van der Waals surface area contributed by atoms with Crippen molar-refractivity contribution >= 4 is 43.6 Å². The summed E-state index contributed by atoms with van der Waals surface area (Å²) >= 11 is 0. The van der Waals surface area contributed by atoms with Crippen LogP contribution in [0.15, 0.2) is 265 Å². The second-order valence-corrected chi connectivity index (χ2v) is 38.6. The first kappa shape index (κ1) is 105. The van der Waals surface area contributed by atoms with Gasteiger partial charge in [0.1, 0.15) is 17.5 Å². The molecule has 0 amide bonds. The van der Waals surface area contributed by atoms with E-state index in [2.05, 4.69) is 0 Å². The number of hydrogen-bond donors (Lipinski definition) is 0. The lowest BCUT2D eigenvalue weighted by Gasteiger charge is -2.20. The summed E-state index contributed by atoms with van der Waals surface area (Å²) in [5.74, 6) is -1.53. The van der Waals surface area contributed by atoms with Crippen LogP contribution in [-0.2, 0) is 105 Å². The molecule has 132 heavy (non-hydrogen) atoms. The lowest BCUT2D eigenvalue weighted by molar-refractivity contribution is -0.162. The monoisotopic (exact) mass is 1970 g/mol. The summed E-state index contributed by atoms with van der Waals surface area (Å²) in [7, 11) is -5.31. The first-order chi connectivity index (χ1) is 60.4. The van der Waals surface area contributed by atoms with Gasteiger partial charge in [-0.25, -0.2) is 13.2 Å². The van der Waals surface area contributed by atoms with Crippen molar-refractivity contribution in [3.8, 4) is 0 Å². The molecule has 12 rings (SSSR count). The van der Waals surface area contributed by atoms with E-state index in [4.69, 9.17) is 0 Å². The molecule has 0 fully saturated rings. The Morgan fingerprint density at radius 2 is 0.356 bits per heavy atom. The van der Waals surface area contributed by atoms with Crippen molar-refractivity contribution in [2.24, 2.45) is 0 Å². The van der Waals surface area contributed by atoms with Gasteiger partial charge in [-0.3, -0.25) is 0 Å². The molecular weight excluding hydrogens is 1900 g/mol. The molecule has 37 heteroatoms. The van der Waals surface area contributed by atoms with Crippen LogP contribution >= 0.6 is 0 Å². The van der Waals surface area contributed by atoms with E-state index in [-0.39, 0.29) is 62.8 Å². The van der Waals surface area contributed by atoms with Crippen LogP contribution in [0, 0.1) is 107 Å². The third kappa shape index (κ3) is 25.4. The molecule has 12 aromatic rings. The fourth-order valence-electron chi connectivity index (χ4n) is 14.5. The number of hydrogen-bond acceptors (Lipinski definition) is 0. The number of rotatable bonds is 12. The van der Waals surface area contributed by atoms with Crippen LogP contribution in [0.4, 0.5) is 145 Å². The average molecular weight is 1970 g/mol. The van der Waals surface area contributed by atoms with Gasteiger partial charge in [0.25, 0.3) is 0 Å². The zero-order valence-corrected chi connectivity index (χ0v) is 74.0. The van der Waals surface area contributed by atoms with Crippen LogP contribution in [0.5, 0.6) is 0 Å². The largest absolute Gasteiger partial charge is 0.417 e. The van der Waals surface area contributed by atoms with Gasteiger partial charge in [0.05, 0.1) is 99.2 Å². The van der Waals surface area contributed by atoms with Crippen molar-refractivity contribution in [2.45, 2.75) is 211 Å². The summed E-state index contributed by atoms with van der Waals surface area (Å²) in [6, 6.07) is 40.6. The second-order valence-electron chi connectivity index (χ2n) is 30.5. The highest BCUT2D eigenvalue weighted by Gasteiger charge is 2.51. The van der Waals surface area contributed by atoms with E-state index < -0.39 is 190 Å². The number of aryl methyl sites for hydroxylation is 13. The maximum atomic E-state index is 14.4.